The molecule has 2 aliphatic carbocycles. The van der Waals surface area contributed by atoms with Crippen molar-refractivity contribution in [3.8, 4) is 0 Å². The summed E-state index contributed by atoms with van der Waals surface area (Å²) in [5.41, 5.74) is 2.09. The van der Waals surface area contributed by atoms with Gasteiger partial charge in [0.2, 0.25) is 11.8 Å². The van der Waals surface area contributed by atoms with Gasteiger partial charge in [-0.2, -0.15) is 5.01 Å². The number of alkyl halides is 2. The number of carbonyl (C=O) groups is 3. The molecule has 3 heterocycles. The number of nitrogens with one attached hydrogen (secondary N) is 1. The van der Waals surface area contributed by atoms with Crippen molar-refractivity contribution in [1.29, 1.82) is 0 Å². The number of nitrogens with zero attached hydrogens (tertiary/aromatic N) is 3. The molecule has 0 atom stereocenters. The Morgan fingerprint density at radius 3 is 2.35 bits per heavy atom. The van der Waals surface area contributed by atoms with Crippen molar-refractivity contribution in [3.05, 3.63) is 29.3 Å². The number of benzene rings is 1. The number of fused-ring (bicyclic) bond motifs is 1. The van der Waals surface area contributed by atoms with Crippen LogP contribution in [0.3, 0.4) is 0 Å². The zero-order valence-corrected chi connectivity index (χ0v) is 21.3. The molecule has 1 aromatic rings. The van der Waals surface area contributed by atoms with E-state index in [9.17, 15) is 23.2 Å². The van der Waals surface area contributed by atoms with Crippen molar-refractivity contribution in [2.45, 2.75) is 101 Å². The number of imide groups is 1. The highest BCUT2D eigenvalue weighted by atomic mass is 19.3. The highest BCUT2D eigenvalue weighted by Gasteiger charge is 2.45. The lowest BCUT2D eigenvalue weighted by Crippen LogP contribution is -2.52. The predicted octanol–water partition coefficient (Wildman–Crippen LogP) is 4.72. The number of carbonyl (C=O) groups excluding carboxylic acids is 3. The monoisotopic (exact) mass is 514 g/mol. The minimum Gasteiger partial charge on any atom is -0.379 e. The van der Waals surface area contributed by atoms with Crippen LogP contribution in [0.15, 0.2) is 18.2 Å². The zero-order chi connectivity index (χ0) is 25.8. The SMILES string of the molecule is O=C1c2cccc(NC3(CCC4CC4)CCC(N4CCC(F)(F)C4)CC3)c2CN1N1C(=O)CCCC1=O. The van der Waals surface area contributed by atoms with E-state index < -0.39 is 5.92 Å². The number of amides is 3. The first-order chi connectivity index (χ1) is 17.7. The number of likely N-dealkylation sites (tertiary alicyclic amines) is 1. The highest BCUT2D eigenvalue weighted by molar-refractivity contribution is 6.05. The minimum atomic E-state index is -2.57. The number of hydrazine groups is 1. The maximum absolute atomic E-state index is 13.8. The third-order valence-electron chi connectivity index (χ3n) is 9.20. The molecule has 1 N–H and O–H groups in total. The Morgan fingerprint density at radius 1 is 0.973 bits per heavy atom. The molecule has 9 heteroatoms. The van der Waals surface area contributed by atoms with Crippen LogP contribution >= 0.6 is 0 Å². The molecule has 0 unspecified atom stereocenters. The van der Waals surface area contributed by atoms with Gasteiger partial charge in [0.05, 0.1) is 13.1 Å². The Hall–Kier alpha value is -2.55. The molecule has 200 valence electrons. The first-order valence-electron chi connectivity index (χ1n) is 13.9. The van der Waals surface area contributed by atoms with Crippen LogP contribution in [0.5, 0.6) is 0 Å². The number of hydrogen-bond donors (Lipinski definition) is 1. The summed E-state index contributed by atoms with van der Waals surface area (Å²) >= 11 is 0. The molecule has 7 nitrogen and oxygen atoms in total. The van der Waals surface area contributed by atoms with Crippen molar-refractivity contribution in [1.82, 2.24) is 14.9 Å². The second kappa shape index (κ2) is 9.33. The fourth-order valence-electron chi connectivity index (χ4n) is 6.81. The summed E-state index contributed by atoms with van der Waals surface area (Å²) in [7, 11) is 0. The normalized spacial score (nSPS) is 30.2. The summed E-state index contributed by atoms with van der Waals surface area (Å²) in [6.45, 7) is 0.537. The predicted molar refractivity (Wildman–Crippen MR) is 134 cm³/mol. The first-order valence-corrected chi connectivity index (χ1v) is 13.9. The van der Waals surface area contributed by atoms with Crippen LogP contribution in [-0.2, 0) is 16.1 Å². The Balaban J connectivity index is 1.21. The van der Waals surface area contributed by atoms with Crippen LogP contribution in [-0.4, -0.2) is 63.2 Å². The molecule has 0 spiro atoms. The van der Waals surface area contributed by atoms with Crippen molar-refractivity contribution >= 4 is 23.4 Å². The molecular formula is C28H36F2N4O3. The molecule has 6 rings (SSSR count). The molecule has 0 bridgehead atoms. The summed E-state index contributed by atoms with van der Waals surface area (Å²) in [6, 6.07) is 5.80. The van der Waals surface area contributed by atoms with Crippen LogP contribution in [0, 0.1) is 5.92 Å². The lowest BCUT2D eigenvalue weighted by atomic mass is 9.75. The molecular weight excluding hydrogens is 478 g/mol. The summed E-state index contributed by atoms with van der Waals surface area (Å²) in [5, 5.41) is 6.20. The molecule has 4 fully saturated rings. The van der Waals surface area contributed by atoms with Crippen molar-refractivity contribution in [2.24, 2.45) is 5.92 Å². The van der Waals surface area contributed by atoms with Gasteiger partial charge in [-0.25, -0.2) is 13.8 Å². The van der Waals surface area contributed by atoms with E-state index in [1.165, 1.54) is 17.9 Å². The van der Waals surface area contributed by atoms with Gasteiger partial charge in [0.15, 0.2) is 0 Å². The van der Waals surface area contributed by atoms with Crippen LogP contribution in [0.25, 0.3) is 0 Å². The van der Waals surface area contributed by atoms with E-state index in [1.807, 2.05) is 17.0 Å². The Morgan fingerprint density at radius 2 is 1.70 bits per heavy atom. The van der Waals surface area contributed by atoms with Gasteiger partial charge in [0, 0.05) is 54.2 Å². The van der Waals surface area contributed by atoms with Crippen molar-refractivity contribution in [2.75, 3.05) is 18.4 Å². The number of halogens is 2. The van der Waals surface area contributed by atoms with Gasteiger partial charge in [-0.1, -0.05) is 18.9 Å². The largest absolute Gasteiger partial charge is 0.379 e. The average molecular weight is 515 g/mol. The minimum absolute atomic E-state index is 0.0444. The molecule has 0 radical (unpaired) electrons. The number of piperidine rings is 1. The Labute approximate surface area is 216 Å². The summed E-state index contributed by atoms with van der Waals surface area (Å²) in [4.78, 5) is 40.3. The van der Waals surface area contributed by atoms with E-state index in [0.717, 1.165) is 60.7 Å². The Bertz CT molecular complexity index is 1080. The molecule has 2 saturated heterocycles. The van der Waals surface area contributed by atoms with Crippen LogP contribution in [0.1, 0.15) is 93.0 Å². The van der Waals surface area contributed by atoms with E-state index in [0.29, 0.717) is 18.5 Å². The number of rotatable bonds is 7. The first kappa shape index (κ1) is 24.8. The van der Waals surface area contributed by atoms with E-state index in [2.05, 4.69) is 5.32 Å². The van der Waals surface area contributed by atoms with Gasteiger partial charge in [-0.3, -0.25) is 19.3 Å². The van der Waals surface area contributed by atoms with Gasteiger partial charge >= 0.3 is 0 Å². The van der Waals surface area contributed by atoms with E-state index in [1.54, 1.807) is 6.07 Å². The van der Waals surface area contributed by atoms with Gasteiger partial charge in [-0.15, -0.1) is 0 Å². The molecule has 0 aromatic heterocycles. The molecule has 5 aliphatic rings. The lowest BCUT2D eigenvalue weighted by Gasteiger charge is -2.44. The maximum Gasteiger partial charge on any atom is 0.273 e. The fraction of sp³-hybridized carbons (Fsp3) is 0.679. The number of anilines is 1. The fourth-order valence-corrected chi connectivity index (χ4v) is 6.81. The van der Waals surface area contributed by atoms with E-state index >= 15 is 0 Å². The van der Waals surface area contributed by atoms with Crippen LogP contribution < -0.4 is 5.32 Å². The quantitative estimate of drug-likeness (QED) is 0.533. The van der Waals surface area contributed by atoms with Gasteiger partial charge in [-0.05, 0) is 63.0 Å². The van der Waals surface area contributed by atoms with Crippen molar-refractivity contribution < 1.29 is 23.2 Å². The summed E-state index contributed by atoms with van der Waals surface area (Å²) in [6.07, 6.45) is 9.31. The van der Waals surface area contributed by atoms with E-state index in [-0.39, 0.29) is 61.7 Å². The van der Waals surface area contributed by atoms with Gasteiger partial charge in [0.25, 0.3) is 11.8 Å². The van der Waals surface area contributed by atoms with Gasteiger partial charge in [0.1, 0.15) is 0 Å². The average Bonchev–Trinajstić information content (AvgIpc) is 3.55. The smallest absolute Gasteiger partial charge is 0.273 e. The second-order valence-electron chi connectivity index (χ2n) is 11.8. The standard InChI is InChI=1S/C28H36F2N4O3/c29-28(30)15-16-32(18-28)20-10-13-27(14-11-20,12-9-19-7-8-19)31-23-4-1-3-21-22(23)17-33(26(21)37)34-24(35)5-2-6-25(34)36/h1,3-4,19-20,31H,2,5-18H2. The maximum atomic E-state index is 13.8. The molecule has 2 saturated carbocycles. The lowest BCUT2D eigenvalue weighted by molar-refractivity contribution is -0.163. The second-order valence-corrected chi connectivity index (χ2v) is 11.8. The van der Waals surface area contributed by atoms with Crippen LogP contribution in [0.4, 0.5) is 14.5 Å². The Kier molecular flexibility index (Phi) is 6.24. The van der Waals surface area contributed by atoms with E-state index in [4.69, 9.17) is 0 Å². The highest BCUT2D eigenvalue weighted by Crippen LogP contribution is 2.44. The number of hydrogen-bond acceptors (Lipinski definition) is 5. The van der Waals surface area contributed by atoms with Gasteiger partial charge < -0.3 is 5.32 Å². The third-order valence-corrected chi connectivity index (χ3v) is 9.20. The third kappa shape index (κ3) is 4.87. The topological polar surface area (TPSA) is 73.0 Å². The zero-order valence-electron chi connectivity index (χ0n) is 21.3. The molecule has 3 amide bonds. The molecule has 37 heavy (non-hydrogen) atoms. The molecule has 1 aromatic carbocycles. The molecule has 3 aliphatic heterocycles. The summed E-state index contributed by atoms with van der Waals surface area (Å²) in [5.74, 6) is -2.74. The van der Waals surface area contributed by atoms with Crippen molar-refractivity contribution in [3.63, 3.8) is 0 Å². The summed E-state index contributed by atoms with van der Waals surface area (Å²) < 4.78 is 27.7. The van der Waals surface area contributed by atoms with Crippen LogP contribution in [0.2, 0.25) is 0 Å².